The van der Waals surface area contributed by atoms with Crippen molar-refractivity contribution in [3.8, 4) is 0 Å². The number of amides is 1. The van der Waals surface area contributed by atoms with Crippen molar-refractivity contribution < 1.29 is 4.79 Å². The highest BCUT2D eigenvalue weighted by molar-refractivity contribution is 5.84. The molecule has 3 rings (SSSR count). The molecule has 0 saturated carbocycles. The van der Waals surface area contributed by atoms with Crippen LogP contribution in [-0.2, 0) is 18.3 Å². The Kier molecular flexibility index (Phi) is 5.79. The van der Waals surface area contributed by atoms with Crippen LogP contribution in [0.25, 0.3) is 10.9 Å². The van der Waals surface area contributed by atoms with E-state index in [9.17, 15) is 4.79 Å². The van der Waals surface area contributed by atoms with Crippen molar-refractivity contribution in [1.29, 1.82) is 0 Å². The highest BCUT2D eigenvalue weighted by Gasteiger charge is 2.24. The van der Waals surface area contributed by atoms with Gasteiger partial charge in [0.05, 0.1) is 0 Å². The fourth-order valence-corrected chi connectivity index (χ4v) is 3.98. The number of likely N-dealkylation sites (tertiary alicyclic amines) is 1. The molecule has 2 aromatic rings. The molecule has 1 aromatic heterocycles. The van der Waals surface area contributed by atoms with Gasteiger partial charge in [-0.3, -0.25) is 4.79 Å². The molecule has 0 aliphatic carbocycles. The van der Waals surface area contributed by atoms with Crippen molar-refractivity contribution in [3.05, 3.63) is 36.0 Å². The molecule has 25 heavy (non-hydrogen) atoms. The monoisotopic (exact) mass is 341 g/mol. The predicted molar refractivity (Wildman–Crippen MR) is 104 cm³/mol. The molecule has 1 aromatic carbocycles. The minimum Gasteiger partial charge on any atom is -0.356 e. The lowest BCUT2D eigenvalue weighted by Gasteiger charge is -2.32. The molecule has 1 amide bonds. The van der Waals surface area contributed by atoms with Crippen molar-refractivity contribution in [3.63, 3.8) is 0 Å². The van der Waals surface area contributed by atoms with Gasteiger partial charge >= 0.3 is 0 Å². The lowest BCUT2D eigenvalue weighted by molar-refractivity contribution is -0.126. The smallest absolute Gasteiger partial charge is 0.223 e. The third-order valence-corrected chi connectivity index (χ3v) is 5.25. The van der Waals surface area contributed by atoms with Crippen LogP contribution >= 0.6 is 0 Å². The van der Waals surface area contributed by atoms with E-state index in [1.165, 1.54) is 16.5 Å². The number of nitrogens with zero attached hydrogens (tertiary/aromatic N) is 2. The number of carbonyl (C=O) groups is 1. The zero-order chi connectivity index (χ0) is 17.8. The lowest BCUT2D eigenvalue weighted by atomic mass is 9.95. The molecule has 1 aliphatic rings. The fourth-order valence-electron chi connectivity index (χ4n) is 3.98. The number of benzene rings is 1. The van der Waals surface area contributed by atoms with Gasteiger partial charge in [0.15, 0.2) is 0 Å². The van der Waals surface area contributed by atoms with E-state index in [0.29, 0.717) is 5.92 Å². The van der Waals surface area contributed by atoms with E-state index < -0.39 is 0 Å². The number of piperidine rings is 1. The van der Waals surface area contributed by atoms with Gasteiger partial charge < -0.3 is 14.8 Å². The molecule has 1 fully saturated rings. The van der Waals surface area contributed by atoms with Gasteiger partial charge in [0.2, 0.25) is 5.91 Å². The van der Waals surface area contributed by atoms with Gasteiger partial charge in [0.1, 0.15) is 0 Å². The summed E-state index contributed by atoms with van der Waals surface area (Å²) < 4.78 is 2.16. The number of hydrogen-bond donors (Lipinski definition) is 1. The molecule has 136 valence electrons. The zero-order valence-corrected chi connectivity index (χ0v) is 15.8. The fraction of sp³-hybridized carbons (Fsp3) is 0.571. The molecule has 0 bridgehead atoms. The van der Waals surface area contributed by atoms with E-state index in [0.717, 1.165) is 45.4 Å². The third-order valence-electron chi connectivity index (χ3n) is 5.25. The van der Waals surface area contributed by atoms with Crippen molar-refractivity contribution in [1.82, 2.24) is 14.8 Å². The van der Waals surface area contributed by atoms with E-state index in [1.54, 1.807) is 0 Å². The number of para-hydroxylation sites is 1. The van der Waals surface area contributed by atoms with Gasteiger partial charge in [0.25, 0.3) is 0 Å². The van der Waals surface area contributed by atoms with Gasteiger partial charge in [-0.2, -0.15) is 0 Å². The van der Waals surface area contributed by atoms with Gasteiger partial charge in [0, 0.05) is 43.2 Å². The Bertz CT molecular complexity index is 711. The number of aromatic nitrogens is 1. The van der Waals surface area contributed by atoms with E-state index in [4.69, 9.17) is 0 Å². The molecule has 0 spiro atoms. The van der Waals surface area contributed by atoms with Crippen LogP contribution in [0.4, 0.5) is 0 Å². The summed E-state index contributed by atoms with van der Waals surface area (Å²) in [7, 11) is 2.08. The normalized spacial score (nSPS) is 16.6. The molecule has 2 heterocycles. The van der Waals surface area contributed by atoms with Crippen molar-refractivity contribution in [2.24, 2.45) is 18.9 Å². The Morgan fingerprint density at radius 1 is 1.24 bits per heavy atom. The topological polar surface area (TPSA) is 37.3 Å². The van der Waals surface area contributed by atoms with Gasteiger partial charge in [-0.15, -0.1) is 0 Å². The second-order valence-corrected chi connectivity index (χ2v) is 7.79. The quantitative estimate of drug-likeness (QED) is 0.876. The SMILES string of the molecule is CC(C)CN1CCC(C(=O)NCCc2cn(C)c3ccccc23)CC1. The Morgan fingerprint density at radius 2 is 1.96 bits per heavy atom. The maximum atomic E-state index is 12.5. The summed E-state index contributed by atoms with van der Waals surface area (Å²) in [4.78, 5) is 14.9. The average molecular weight is 341 g/mol. The summed E-state index contributed by atoms with van der Waals surface area (Å²) in [6.45, 7) is 8.49. The van der Waals surface area contributed by atoms with Gasteiger partial charge in [-0.1, -0.05) is 32.0 Å². The van der Waals surface area contributed by atoms with Gasteiger partial charge in [-0.25, -0.2) is 0 Å². The summed E-state index contributed by atoms with van der Waals surface area (Å²) in [5.41, 5.74) is 2.56. The number of fused-ring (bicyclic) bond motifs is 1. The molecule has 0 radical (unpaired) electrons. The van der Waals surface area contributed by atoms with E-state index in [2.05, 4.69) is 66.1 Å². The molecule has 0 atom stereocenters. The number of hydrogen-bond acceptors (Lipinski definition) is 2. The summed E-state index contributed by atoms with van der Waals surface area (Å²) in [6, 6.07) is 8.45. The van der Waals surface area contributed by atoms with Crippen LogP contribution in [-0.4, -0.2) is 41.6 Å². The predicted octanol–water partition coefficient (Wildman–Crippen LogP) is 3.21. The summed E-state index contributed by atoms with van der Waals surface area (Å²) in [5.74, 6) is 1.13. The first kappa shape index (κ1) is 18.0. The first-order chi connectivity index (χ1) is 12.0. The molecule has 4 heteroatoms. The zero-order valence-electron chi connectivity index (χ0n) is 15.8. The largest absolute Gasteiger partial charge is 0.356 e. The summed E-state index contributed by atoms with van der Waals surface area (Å²) >= 11 is 0. The number of aryl methyl sites for hydroxylation is 1. The van der Waals surface area contributed by atoms with E-state index in [1.807, 2.05) is 0 Å². The van der Waals surface area contributed by atoms with E-state index in [-0.39, 0.29) is 11.8 Å². The van der Waals surface area contributed by atoms with Crippen LogP contribution < -0.4 is 5.32 Å². The van der Waals surface area contributed by atoms with Crippen LogP contribution in [0.15, 0.2) is 30.5 Å². The molecular weight excluding hydrogens is 310 g/mol. The highest BCUT2D eigenvalue weighted by Crippen LogP contribution is 2.21. The second-order valence-electron chi connectivity index (χ2n) is 7.79. The second kappa shape index (κ2) is 8.05. The summed E-state index contributed by atoms with van der Waals surface area (Å²) in [5, 5.41) is 4.46. The Labute approximate surface area is 151 Å². The standard InChI is InChI=1S/C21H31N3O/c1-16(2)14-24-12-9-17(10-13-24)21(25)22-11-8-18-15-23(3)20-7-5-4-6-19(18)20/h4-7,15-17H,8-14H2,1-3H3,(H,22,25). The molecule has 1 N–H and O–H groups in total. The molecule has 0 unspecified atom stereocenters. The number of nitrogens with one attached hydrogen (secondary N) is 1. The van der Waals surface area contributed by atoms with Crippen molar-refractivity contribution >= 4 is 16.8 Å². The Morgan fingerprint density at radius 3 is 2.68 bits per heavy atom. The Balaban J connectivity index is 1.47. The lowest BCUT2D eigenvalue weighted by Crippen LogP contribution is -2.42. The average Bonchev–Trinajstić information content (AvgIpc) is 2.91. The first-order valence-corrected chi connectivity index (χ1v) is 9.57. The third kappa shape index (κ3) is 4.43. The number of carbonyl (C=O) groups excluding carboxylic acids is 1. The maximum absolute atomic E-state index is 12.5. The van der Waals surface area contributed by atoms with Crippen LogP contribution in [0, 0.1) is 11.8 Å². The minimum absolute atomic E-state index is 0.191. The van der Waals surface area contributed by atoms with Gasteiger partial charge in [-0.05, 0) is 49.9 Å². The van der Waals surface area contributed by atoms with Crippen LogP contribution in [0.1, 0.15) is 32.3 Å². The van der Waals surface area contributed by atoms with Crippen molar-refractivity contribution in [2.75, 3.05) is 26.2 Å². The molecular formula is C21H31N3O. The minimum atomic E-state index is 0.191. The van der Waals surface area contributed by atoms with Crippen LogP contribution in [0.5, 0.6) is 0 Å². The highest BCUT2D eigenvalue weighted by atomic mass is 16.1. The molecule has 4 nitrogen and oxygen atoms in total. The van der Waals surface area contributed by atoms with Crippen molar-refractivity contribution in [2.45, 2.75) is 33.1 Å². The molecule has 1 saturated heterocycles. The van der Waals surface area contributed by atoms with E-state index >= 15 is 0 Å². The maximum Gasteiger partial charge on any atom is 0.223 e. The van der Waals surface area contributed by atoms with Crippen LogP contribution in [0.2, 0.25) is 0 Å². The number of rotatable bonds is 6. The molecule has 1 aliphatic heterocycles. The van der Waals surface area contributed by atoms with Crippen LogP contribution in [0.3, 0.4) is 0 Å². The Hall–Kier alpha value is -1.81. The summed E-state index contributed by atoms with van der Waals surface area (Å²) in [6.07, 6.45) is 5.06. The first-order valence-electron chi connectivity index (χ1n) is 9.57.